The Kier molecular flexibility index (Phi) is 5.63. The highest BCUT2D eigenvalue weighted by atomic mass is 35.5. The van der Waals surface area contributed by atoms with Gasteiger partial charge in [-0.3, -0.25) is 4.79 Å². The van der Waals surface area contributed by atoms with E-state index in [-0.39, 0.29) is 5.91 Å². The van der Waals surface area contributed by atoms with Crippen LogP contribution in [0.2, 0.25) is 10.0 Å². The number of rotatable bonds is 5. The van der Waals surface area contributed by atoms with Crippen LogP contribution in [0.3, 0.4) is 0 Å². The summed E-state index contributed by atoms with van der Waals surface area (Å²) in [6.07, 6.45) is 1.58. The molecule has 6 heteroatoms. The minimum Gasteiger partial charge on any atom is -0.353 e. The normalized spacial score (nSPS) is 10.6. The Labute approximate surface area is 139 Å². The standard InChI is InChI=1S/C16H17Cl2N3O/c1-10(2)8-20-16(22)14-7-6-11(9-19-14)21-13-5-3-4-12(17)15(13)18/h3-7,9-10,21H,8H2,1-2H3,(H,20,22). The fourth-order valence-corrected chi connectivity index (χ4v) is 2.09. The largest absolute Gasteiger partial charge is 0.353 e. The zero-order valence-electron chi connectivity index (χ0n) is 12.4. The molecule has 1 aromatic heterocycles. The van der Waals surface area contributed by atoms with Gasteiger partial charge in [0.05, 0.1) is 27.6 Å². The monoisotopic (exact) mass is 337 g/mol. The molecule has 116 valence electrons. The van der Waals surface area contributed by atoms with Crippen LogP contribution < -0.4 is 10.6 Å². The van der Waals surface area contributed by atoms with Gasteiger partial charge in [0.1, 0.15) is 5.69 Å². The van der Waals surface area contributed by atoms with Crippen molar-refractivity contribution < 1.29 is 4.79 Å². The topological polar surface area (TPSA) is 54.0 Å². The first kappa shape index (κ1) is 16.6. The number of amides is 1. The van der Waals surface area contributed by atoms with E-state index < -0.39 is 0 Å². The Bertz CT molecular complexity index is 657. The molecule has 2 N–H and O–H groups in total. The first-order valence-corrected chi connectivity index (χ1v) is 7.68. The fraction of sp³-hybridized carbons (Fsp3) is 0.250. The molecule has 0 bridgehead atoms. The Morgan fingerprint density at radius 3 is 2.64 bits per heavy atom. The molecule has 4 nitrogen and oxygen atoms in total. The summed E-state index contributed by atoms with van der Waals surface area (Å²) in [5.41, 5.74) is 1.79. The quantitative estimate of drug-likeness (QED) is 0.843. The molecule has 0 aliphatic rings. The van der Waals surface area contributed by atoms with Crippen molar-refractivity contribution in [2.75, 3.05) is 11.9 Å². The van der Waals surface area contributed by atoms with E-state index in [2.05, 4.69) is 15.6 Å². The maximum atomic E-state index is 11.9. The number of carbonyl (C=O) groups excluding carboxylic acids is 1. The van der Waals surface area contributed by atoms with Crippen LogP contribution in [0.5, 0.6) is 0 Å². The van der Waals surface area contributed by atoms with Gasteiger partial charge in [-0.25, -0.2) is 4.98 Å². The number of nitrogens with one attached hydrogen (secondary N) is 2. The fourth-order valence-electron chi connectivity index (χ4n) is 1.75. The SMILES string of the molecule is CC(C)CNC(=O)c1ccc(Nc2cccc(Cl)c2Cl)cn1. The number of hydrogen-bond acceptors (Lipinski definition) is 3. The highest BCUT2D eigenvalue weighted by molar-refractivity contribution is 6.43. The van der Waals surface area contributed by atoms with Crippen molar-refractivity contribution in [3.05, 3.63) is 52.3 Å². The Morgan fingerprint density at radius 1 is 1.23 bits per heavy atom. The van der Waals surface area contributed by atoms with Crippen molar-refractivity contribution in [1.82, 2.24) is 10.3 Å². The maximum Gasteiger partial charge on any atom is 0.269 e. The van der Waals surface area contributed by atoms with Gasteiger partial charge in [-0.2, -0.15) is 0 Å². The molecule has 0 aliphatic heterocycles. The summed E-state index contributed by atoms with van der Waals surface area (Å²) < 4.78 is 0. The number of halogens is 2. The van der Waals surface area contributed by atoms with Crippen LogP contribution in [-0.4, -0.2) is 17.4 Å². The molecule has 22 heavy (non-hydrogen) atoms. The summed E-state index contributed by atoms with van der Waals surface area (Å²) in [6, 6.07) is 8.77. The van der Waals surface area contributed by atoms with Crippen LogP contribution in [0.1, 0.15) is 24.3 Å². The average Bonchev–Trinajstić information content (AvgIpc) is 2.50. The first-order chi connectivity index (χ1) is 10.5. The van der Waals surface area contributed by atoms with E-state index in [0.717, 1.165) is 5.69 Å². The van der Waals surface area contributed by atoms with E-state index in [1.54, 1.807) is 30.5 Å². The van der Waals surface area contributed by atoms with Crippen molar-refractivity contribution in [3.8, 4) is 0 Å². The van der Waals surface area contributed by atoms with Gasteiger partial charge in [0.2, 0.25) is 0 Å². The first-order valence-electron chi connectivity index (χ1n) is 6.92. The van der Waals surface area contributed by atoms with Crippen LogP contribution >= 0.6 is 23.2 Å². The summed E-state index contributed by atoms with van der Waals surface area (Å²) in [5, 5.41) is 6.87. The van der Waals surface area contributed by atoms with Gasteiger partial charge in [0.25, 0.3) is 5.91 Å². The lowest BCUT2D eigenvalue weighted by Gasteiger charge is -2.10. The van der Waals surface area contributed by atoms with E-state index >= 15 is 0 Å². The van der Waals surface area contributed by atoms with Crippen LogP contribution in [0.4, 0.5) is 11.4 Å². The summed E-state index contributed by atoms with van der Waals surface area (Å²) in [6.45, 7) is 4.70. The van der Waals surface area contributed by atoms with Crippen LogP contribution in [0, 0.1) is 5.92 Å². The van der Waals surface area contributed by atoms with Crippen molar-refractivity contribution in [2.45, 2.75) is 13.8 Å². The molecule has 1 aromatic carbocycles. The molecule has 0 saturated carbocycles. The van der Waals surface area contributed by atoms with Crippen LogP contribution in [-0.2, 0) is 0 Å². The highest BCUT2D eigenvalue weighted by Crippen LogP contribution is 2.31. The van der Waals surface area contributed by atoms with Gasteiger partial charge in [-0.15, -0.1) is 0 Å². The van der Waals surface area contributed by atoms with Crippen LogP contribution in [0.25, 0.3) is 0 Å². The second kappa shape index (κ2) is 7.47. The second-order valence-electron chi connectivity index (χ2n) is 5.26. The molecular formula is C16H17Cl2N3O. The van der Waals surface area contributed by atoms with E-state index in [0.29, 0.717) is 33.9 Å². The number of carbonyl (C=O) groups is 1. The minimum absolute atomic E-state index is 0.180. The second-order valence-corrected chi connectivity index (χ2v) is 6.05. The number of anilines is 2. The molecule has 0 saturated heterocycles. The summed E-state index contributed by atoms with van der Waals surface area (Å²) in [4.78, 5) is 16.0. The zero-order valence-corrected chi connectivity index (χ0v) is 13.9. The molecular weight excluding hydrogens is 321 g/mol. The Balaban J connectivity index is 2.06. The molecule has 2 aromatic rings. The number of aromatic nitrogens is 1. The van der Waals surface area contributed by atoms with Crippen molar-refractivity contribution in [3.63, 3.8) is 0 Å². The van der Waals surface area contributed by atoms with Crippen molar-refractivity contribution in [2.24, 2.45) is 5.92 Å². The summed E-state index contributed by atoms with van der Waals surface area (Å²) in [7, 11) is 0. The van der Waals surface area contributed by atoms with Gasteiger partial charge >= 0.3 is 0 Å². The molecule has 0 aliphatic carbocycles. The third-order valence-corrected chi connectivity index (χ3v) is 3.72. The molecule has 0 radical (unpaired) electrons. The van der Waals surface area contributed by atoms with Crippen molar-refractivity contribution >= 4 is 40.5 Å². The predicted molar refractivity (Wildman–Crippen MR) is 91.2 cm³/mol. The highest BCUT2D eigenvalue weighted by Gasteiger charge is 2.08. The van der Waals surface area contributed by atoms with Gasteiger partial charge in [0.15, 0.2) is 0 Å². The molecule has 0 atom stereocenters. The number of benzene rings is 1. The molecule has 0 unspecified atom stereocenters. The van der Waals surface area contributed by atoms with E-state index in [1.807, 2.05) is 19.9 Å². The van der Waals surface area contributed by atoms with Crippen molar-refractivity contribution in [1.29, 1.82) is 0 Å². The Hall–Kier alpha value is -1.78. The van der Waals surface area contributed by atoms with Gasteiger partial charge < -0.3 is 10.6 Å². The van der Waals surface area contributed by atoms with E-state index in [4.69, 9.17) is 23.2 Å². The maximum absolute atomic E-state index is 11.9. The Morgan fingerprint density at radius 2 is 2.00 bits per heavy atom. The van der Waals surface area contributed by atoms with Gasteiger partial charge in [0, 0.05) is 6.54 Å². The number of pyridine rings is 1. The zero-order chi connectivity index (χ0) is 16.1. The summed E-state index contributed by atoms with van der Waals surface area (Å²) >= 11 is 12.1. The minimum atomic E-state index is -0.180. The number of nitrogens with zero attached hydrogens (tertiary/aromatic N) is 1. The average molecular weight is 338 g/mol. The van der Waals surface area contributed by atoms with Crippen LogP contribution in [0.15, 0.2) is 36.5 Å². The smallest absolute Gasteiger partial charge is 0.269 e. The summed E-state index contributed by atoms with van der Waals surface area (Å²) in [5.74, 6) is 0.218. The third-order valence-electron chi connectivity index (χ3n) is 2.90. The lowest BCUT2D eigenvalue weighted by molar-refractivity contribution is 0.0944. The molecule has 0 fully saturated rings. The lowest BCUT2D eigenvalue weighted by Crippen LogP contribution is -2.27. The third kappa shape index (κ3) is 4.36. The predicted octanol–water partition coefficient (Wildman–Crippen LogP) is 4.52. The molecule has 1 amide bonds. The van der Waals surface area contributed by atoms with Gasteiger partial charge in [-0.1, -0.05) is 43.1 Å². The van der Waals surface area contributed by atoms with E-state index in [1.165, 1.54) is 0 Å². The van der Waals surface area contributed by atoms with Gasteiger partial charge in [-0.05, 0) is 30.2 Å². The lowest BCUT2D eigenvalue weighted by atomic mass is 10.2. The number of hydrogen-bond donors (Lipinski definition) is 2. The molecule has 0 spiro atoms. The molecule has 1 heterocycles. The molecule has 2 rings (SSSR count). The van der Waals surface area contributed by atoms with E-state index in [9.17, 15) is 4.79 Å².